The third-order valence-corrected chi connectivity index (χ3v) is 3.51. The van der Waals surface area contributed by atoms with Crippen molar-refractivity contribution in [1.82, 2.24) is 5.32 Å². The quantitative estimate of drug-likeness (QED) is 0.660. The lowest BCUT2D eigenvalue weighted by molar-refractivity contribution is 0.0953. The van der Waals surface area contributed by atoms with Gasteiger partial charge in [0.05, 0.1) is 5.75 Å². The van der Waals surface area contributed by atoms with E-state index in [0.29, 0.717) is 12.0 Å². The summed E-state index contributed by atoms with van der Waals surface area (Å²) in [6.07, 6.45) is 0.304. The molecule has 0 fully saturated rings. The highest BCUT2D eigenvalue weighted by atomic mass is 32.2. The average Bonchev–Trinajstić information content (AvgIpc) is 2.33. The van der Waals surface area contributed by atoms with Crippen molar-refractivity contribution in [2.24, 2.45) is 5.14 Å². The number of primary sulfonamides is 1. The first-order valence-electron chi connectivity index (χ1n) is 5.90. The molecule has 19 heavy (non-hydrogen) atoms. The van der Waals surface area contributed by atoms with Gasteiger partial charge in [0.15, 0.2) is 0 Å². The van der Waals surface area contributed by atoms with Crippen LogP contribution in [0.15, 0.2) is 18.2 Å². The second kappa shape index (κ2) is 6.53. The molecule has 0 aliphatic heterocycles. The Labute approximate surface area is 113 Å². The molecule has 0 aliphatic rings. The van der Waals surface area contributed by atoms with Crippen LogP contribution in [-0.4, -0.2) is 33.7 Å². The molecule has 0 heterocycles. The number of benzene rings is 1. The molecule has 1 aromatic rings. The van der Waals surface area contributed by atoms with Crippen LogP contribution < -0.4 is 15.8 Å². The molecule has 4 N–H and O–H groups in total. The van der Waals surface area contributed by atoms with Crippen LogP contribution in [0.4, 0.5) is 5.69 Å². The van der Waals surface area contributed by atoms with Gasteiger partial charge in [0.2, 0.25) is 10.0 Å². The molecule has 0 spiro atoms. The van der Waals surface area contributed by atoms with E-state index in [1.807, 2.05) is 20.0 Å². The third-order valence-electron chi connectivity index (χ3n) is 2.65. The van der Waals surface area contributed by atoms with Gasteiger partial charge in [-0.3, -0.25) is 4.79 Å². The summed E-state index contributed by atoms with van der Waals surface area (Å²) in [5.41, 5.74) is 2.48. The minimum Gasteiger partial charge on any atom is -0.388 e. The molecule has 0 bridgehead atoms. The number of sulfonamides is 1. The molecule has 7 heteroatoms. The number of nitrogens with two attached hydrogens (primary N) is 1. The van der Waals surface area contributed by atoms with E-state index in [1.165, 1.54) is 0 Å². The summed E-state index contributed by atoms with van der Waals surface area (Å²) in [7, 11) is -1.65. The first kappa shape index (κ1) is 15.5. The van der Waals surface area contributed by atoms with Crippen molar-refractivity contribution in [3.05, 3.63) is 29.3 Å². The number of nitrogens with one attached hydrogen (secondary N) is 2. The minimum absolute atomic E-state index is 0.134. The summed E-state index contributed by atoms with van der Waals surface area (Å²) in [5, 5.41) is 10.5. The van der Waals surface area contributed by atoms with E-state index < -0.39 is 10.0 Å². The smallest absolute Gasteiger partial charge is 0.251 e. The Bertz CT molecular complexity index is 555. The van der Waals surface area contributed by atoms with E-state index in [4.69, 9.17) is 5.14 Å². The average molecular weight is 285 g/mol. The SMILES string of the molecule is CNc1ccc(C(=O)NCCCS(N)(=O)=O)cc1C. The fraction of sp³-hybridized carbons (Fsp3) is 0.417. The molecule has 6 nitrogen and oxygen atoms in total. The maximum absolute atomic E-state index is 11.8. The predicted octanol–water partition coefficient (Wildman–Crippen LogP) is 0.445. The minimum atomic E-state index is -3.46. The fourth-order valence-electron chi connectivity index (χ4n) is 1.66. The highest BCUT2D eigenvalue weighted by molar-refractivity contribution is 7.89. The van der Waals surface area contributed by atoms with Crippen molar-refractivity contribution in [1.29, 1.82) is 0 Å². The van der Waals surface area contributed by atoms with Gasteiger partial charge in [-0.1, -0.05) is 0 Å². The number of carbonyl (C=O) groups excluding carboxylic acids is 1. The highest BCUT2D eigenvalue weighted by Crippen LogP contribution is 2.15. The van der Waals surface area contributed by atoms with Crippen LogP contribution in [0.1, 0.15) is 22.3 Å². The zero-order chi connectivity index (χ0) is 14.5. The number of aryl methyl sites for hydroxylation is 1. The number of hydrogen-bond acceptors (Lipinski definition) is 4. The molecule has 0 saturated heterocycles. The fourth-order valence-corrected chi connectivity index (χ4v) is 2.21. The Hall–Kier alpha value is -1.60. The molecule has 1 aromatic carbocycles. The van der Waals surface area contributed by atoms with E-state index in [2.05, 4.69) is 10.6 Å². The van der Waals surface area contributed by atoms with Crippen LogP contribution >= 0.6 is 0 Å². The van der Waals surface area contributed by atoms with Gasteiger partial charge in [-0.05, 0) is 37.1 Å². The van der Waals surface area contributed by atoms with Crippen molar-refractivity contribution in [2.75, 3.05) is 24.7 Å². The molecule has 0 unspecified atom stereocenters. The van der Waals surface area contributed by atoms with Gasteiger partial charge in [-0.15, -0.1) is 0 Å². The van der Waals surface area contributed by atoms with Gasteiger partial charge < -0.3 is 10.6 Å². The number of anilines is 1. The summed E-state index contributed by atoms with van der Waals surface area (Å²) in [4.78, 5) is 11.8. The second-order valence-corrected chi connectivity index (χ2v) is 5.99. The molecule has 0 atom stereocenters. The zero-order valence-electron chi connectivity index (χ0n) is 11.1. The van der Waals surface area contributed by atoms with Crippen molar-refractivity contribution in [3.63, 3.8) is 0 Å². The maximum Gasteiger partial charge on any atom is 0.251 e. The monoisotopic (exact) mass is 285 g/mol. The Morgan fingerprint density at radius 3 is 2.58 bits per heavy atom. The Morgan fingerprint density at radius 2 is 2.05 bits per heavy atom. The summed E-state index contributed by atoms with van der Waals surface area (Å²) < 4.78 is 21.4. The summed E-state index contributed by atoms with van der Waals surface area (Å²) in [5.74, 6) is -0.356. The number of carbonyl (C=O) groups is 1. The lowest BCUT2D eigenvalue weighted by atomic mass is 10.1. The van der Waals surface area contributed by atoms with Crippen LogP contribution in [0.25, 0.3) is 0 Å². The normalized spacial score (nSPS) is 11.1. The van der Waals surface area contributed by atoms with E-state index >= 15 is 0 Å². The standard InChI is InChI=1S/C12H19N3O3S/c1-9-8-10(4-5-11(9)14-2)12(16)15-6-3-7-19(13,17)18/h4-5,8,14H,3,6-7H2,1-2H3,(H,15,16)(H2,13,17,18). The summed E-state index contributed by atoms with van der Waals surface area (Å²) in [6.45, 7) is 2.19. The maximum atomic E-state index is 11.8. The molecule has 106 valence electrons. The Balaban J connectivity index is 2.52. The molecular weight excluding hydrogens is 266 g/mol. The molecule has 0 saturated carbocycles. The molecule has 0 radical (unpaired) electrons. The first-order valence-corrected chi connectivity index (χ1v) is 7.62. The van der Waals surface area contributed by atoms with Crippen LogP contribution in [0.2, 0.25) is 0 Å². The van der Waals surface area contributed by atoms with Gasteiger partial charge in [-0.25, -0.2) is 13.6 Å². The lowest BCUT2D eigenvalue weighted by Crippen LogP contribution is -2.27. The van der Waals surface area contributed by atoms with Crippen LogP contribution in [0.3, 0.4) is 0 Å². The summed E-state index contributed by atoms with van der Waals surface area (Å²) in [6, 6.07) is 5.32. The van der Waals surface area contributed by atoms with E-state index in [9.17, 15) is 13.2 Å². The van der Waals surface area contributed by atoms with Gasteiger partial charge in [-0.2, -0.15) is 0 Å². The molecular formula is C12H19N3O3S. The van der Waals surface area contributed by atoms with E-state index in [0.717, 1.165) is 11.3 Å². The third kappa shape index (κ3) is 5.27. The van der Waals surface area contributed by atoms with Crippen molar-refractivity contribution in [3.8, 4) is 0 Å². The van der Waals surface area contributed by atoms with Gasteiger partial charge in [0, 0.05) is 24.8 Å². The Kier molecular flexibility index (Phi) is 5.31. The van der Waals surface area contributed by atoms with Crippen LogP contribution in [0, 0.1) is 6.92 Å². The lowest BCUT2D eigenvalue weighted by Gasteiger charge is -2.08. The molecule has 1 amide bonds. The molecule has 0 aliphatic carbocycles. The van der Waals surface area contributed by atoms with Crippen LogP contribution in [-0.2, 0) is 10.0 Å². The number of hydrogen-bond donors (Lipinski definition) is 3. The van der Waals surface area contributed by atoms with Crippen molar-refractivity contribution in [2.45, 2.75) is 13.3 Å². The van der Waals surface area contributed by atoms with Crippen molar-refractivity contribution < 1.29 is 13.2 Å². The van der Waals surface area contributed by atoms with Crippen molar-refractivity contribution >= 4 is 21.6 Å². The molecule has 1 rings (SSSR count). The van der Waals surface area contributed by atoms with E-state index in [-0.39, 0.29) is 18.2 Å². The topological polar surface area (TPSA) is 101 Å². The Morgan fingerprint density at radius 1 is 1.37 bits per heavy atom. The van der Waals surface area contributed by atoms with Gasteiger partial charge in [0.1, 0.15) is 0 Å². The molecule has 0 aromatic heterocycles. The van der Waals surface area contributed by atoms with Crippen LogP contribution in [0.5, 0.6) is 0 Å². The largest absolute Gasteiger partial charge is 0.388 e. The van der Waals surface area contributed by atoms with Gasteiger partial charge in [0.25, 0.3) is 5.91 Å². The van der Waals surface area contributed by atoms with Gasteiger partial charge >= 0.3 is 0 Å². The van der Waals surface area contributed by atoms with E-state index in [1.54, 1.807) is 12.1 Å². The first-order chi connectivity index (χ1) is 8.83. The number of rotatable bonds is 6. The number of amides is 1. The predicted molar refractivity (Wildman–Crippen MR) is 75.7 cm³/mol. The highest BCUT2D eigenvalue weighted by Gasteiger charge is 2.08. The summed E-state index contributed by atoms with van der Waals surface area (Å²) >= 11 is 0. The zero-order valence-corrected chi connectivity index (χ0v) is 11.9. The second-order valence-electron chi connectivity index (χ2n) is 4.26.